The van der Waals surface area contributed by atoms with Gasteiger partial charge in [0, 0.05) is 12.6 Å². The fraction of sp³-hybridized carbons (Fsp3) is 0.500. The van der Waals surface area contributed by atoms with E-state index in [1.54, 1.807) is 14.2 Å². The number of unbranched alkanes of at least 4 members (excludes halogenated alkanes) is 2. The van der Waals surface area contributed by atoms with Crippen LogP contribution in [0.1, 0.15) is 26.2 Å². The molecule has 0 spiro atoms. The number of hydrogen-bond donors (Lipinski definition) is 2. The average molecular weight is 265 g/mol. The number of nitrogens with zero attached hydrogens (tertiary/aromatic N) is 1. The molecule has 0 saturated heterocycles. The average Bonchev–Trinajstić information content (AvgIpc) is 2.43. The molecule has 106 valence electrons. The zero-order chi connectivity index (χ0) is 14.1. The van der Waals surface area contributed by atoms with Crippen molar-refractivity contribution in [2.24, 2.45) is 10.7 Å². The third-order valence-electron chi connectivity index (χ3n) is 2.71. The molecular weight excluding hydrogens is 242 g/mol. The molecule has 1 aromatic carbocycles. The summed E-state index contributed by atoms with van der Waals surface area (Å²) in [7, 11) is 3.23. The van der Waals surface area contributed by atoms with Crippen LogP contribution < -0.4 is 20.5 Å². The maximum atomic E-state index is 5.85. The Kier molecular flexibility index (Phi) is 6.57. The van der Waals surface area contributed by atoms with E-state index in [0.29, 0.717) is 11.7 Å². The van der Waals surface area contributed by atoms with E-state index in [1.807, 2.05) is 18.2 Å². The Bertz CT molecular complexity index is 419. The quantitative estimate of drug-likeness (QED) is 0.452. The highest BCUT2D eigenvalue weighted by atomic mass is 16.5. The second-order valence-electron chi connectivity index (χ2n) is 4.17. The van der Waals surface area contributed by atoms with Crippen LogP contribution in [0.15, 0.2) is 23.2 Å². The lowest BCUT2D eigenvalue weighted by Gasteiger charge is -2.12. The largest absolute Gasteiger partial charge is 0.497 e. The van der Waals surface area contributed by atoms with Gasteiger partial charge in [-0.3, -0.25) is 4.99 Å². The van der Waals surface area contributed by atoms with Crippen molar-refractivity contribution in [3.63, 3.8) is 0 Å². The Labute approximate surface area is 114 Å². The lowest BCUT2D eigenvalue weighted by atomic mass is 10.2. The smallest absolute Gasteiger partial charge is 0.193 e. The number of guanidine groups is 1. The number of nitrogens with one attached hydrogen (secondary N) is 1. The van der Waals surface area contributed by atoms with Crippen molar-refractivity contribution in [2.45, 2.75) is 26.2 Å². The van der Waals surface area contributed by atoms with E-state index >= 15 is 0 Å². The third-order valence-corrected chi connectivity index (χ3v) is 2.71. The number of methoxy groups -OCH3 is 2. The van der Waals surface area contributed by atoms with Gasteiger partial charge < -0.3 is 20.5 Å². The van der Waals surface area contributed by atoms with E-state index in [1.165, 1.54) is 12.8 Å². The Morgan fingerprint density at radius 3 is 2.68 bits per heavy atom. The van der Waals surface area contributed by atoms with Crippen molar-refractivity contribution in [1.29, 1.82) is 0 Å². The highest BCUT2D eigenvalue weighted by molar-refractivity contribution is 5.93. The third kappa shape index (κ3) is 5.07. The molecule has 0 unspecified atom stereocenters. The van der Waals surface area contributed by atoms with Crippen molar-refractivity contribution >= 4 is 11.6 Å². The SMILES string of the molecule is CCCCCN=C(N)Nc1cc(OC)ccc1OC. The Hall–Kier alpha value is -1.91. The van der Waals surface area contributed by atoms with Gasteiger partial charge in [0.25, 0.3) is 0 Å². The summed E-state index contributed by atoms with van der Waals surface area (Å²) in [6.07, 6.45) is 3.39. The van der Waals surface area contributed by atoms with Gasteiger partial charge in [-0.25, -0.2) is 0 Å². The molecule has 0 atom stereocenters. The van der Waals surface area contributed by atoms with Gasteiger partial charge in [-0.05, 0) is 18.6 Å². The number of aliphatic imine (C=N–C) groups is 1. The molecule has 1 rings (SSSR count). The van der Waals surface area contributed by atoms with Crippen LogP contribution in [-0.4, -0.2) is 26.7 Å². The molecule has 0 heterocycles. The van der Waals surface area contributed by atoms with Gasteiger partial charge in [-0.15, -0.1) is 0 Å². The van der Waals surface area contributed by atoms with Crippen LogP contribution in [0.5, 0.6) is 11.5 Å². The van der Waals surface area contributed by atoms with Crippen LogP contribution in [-0.2, 0) is 0 Å². The number of anilines is 1. The van der Waals surface area contributed by atoms with Gasteiger partial charge in [0.2, 0.25) is 0 Å². The zero-order valence-corrected chi connectivity index (χ0v) is 11.9. The van der Waals surface area contributed by atoms with Crippen molar-refractivity contribution in [2.75, 3.05) is 26.1 Å². The minimum atomic E-state index is 0.391. The first kappa shape index (κ1) is 15.1. The van der Waals surface area contributed by atoms with E-state index in [2.05, 4.69) is 17.2 Å². The molecule has 0 radical (unpaired) electrons. The van der Waals surface area contributed by atoms with Crippen LogP contribution in [0, 0.1) is 0 Å². The molecule has 0 aliphatic rings. The Balaban J connectivity index is 2.68. The van der Waals surface area contributed by atoms with Gasteiger partial charge in [0.15, 0.2) is 5.96 Å². The Morgan fingerprint density at radius 2 is 2.05 bits per heavy atom. The van der Waals surface area contributed by atoms with Gasteiger partial charge >= 0.3 is 0 Å². The van der Waals surface area contributed by atoms with Crippen LogP contribution in [0.2, 0.25) is 0 Å². The molecule has 0 bridgehead atoms. The van der Waals surface area contributed by atoms with Gasteiger partial charge in [-0.1, -0.05) is 19.8 Å². The van der Waals surface area contributed by atoms with Crippen LogP contribution in [0.25, 0.3) is 0 Å². The van der Waals surface area contributed by atoms with Crippen molar-refractivity contribution in [3.05, 3.63) is 18.2 Å². The predicted molar refractivity (Wildman–Crippen MR) is 79.2 cm³/mol. The highest BCUT2D eigenvalue weighted by Gasteiger charge is 2.05. The van der Waals surface area contributed by atoms with Crippen LogP contribution in [0.4, 0.5) is 5.69 Å². The second-order valence-corrected chi connectivity index (χ2v) is 4.17. The van der Waals surface area contributed by atoms with Gasteiger partial charge in [0.05, 0.1) is 19.9 Å². The summed E-state index contributed by atoms with van der Waals surface area (Å²) in [5, 5.41) is 3.04. The summed E-state index contributed by atoms with van der Waals surface area (Å²) in [6, 6.07) is 5.48. The summed E-state index contributed by atoms with van der Waals surface area (Å²) in [4.78, 5) is 4.27. The first-order chi connectivity index (χ1) is 9.21. The van der Waals surface area contributed by atoms with E-state index in [-0.39, 0.29) is 0 Å². The number of ether oxygens (including phenoxy) is 2. The van der Waals surface area contributed by atoms with E-state index < -0.39 is 0 Å². The van der Waals surface area contributed by atoms with Gasteiger partial charge in [-0.2, -0.15) is 0 Å². The van der Waals surface area contributed by atoms with Crippen molar-refractivity contribution in [3.8, 4) is 11.5 Å². The fourth-order valence-corrected chi connectivity index (χ4v) is 1.65. The summed E-state index contributed by atoms with van der Waals surface area (Å²) >= 11 is 0. The minimum absolute atomic E-state index is 0.391. The summed E-state index contributed by atoms with van der Waals surface area (Å²) in [5.74, 6) is 1.83. The van der Waals surface area contributed by atoms with Crippen LogP contribution in [0.3, 0.4) is 0 Å². The Morgan fingerprint density at radius 1 is 1.26 bits per heavy atom. The molecule has 5 nitrogen and oxygen atoms in total. The molecule has 5 heteroatoms. The lowest BCUT2D eigenvalue weighted by Crippen LogP contribution is -2.23. The van der Waals surface area contributed by atoms with Crippen molar-refractivity contribution < 1.29 is 9.47 Å². The van der Waals surface area contributed by atoms with Crippen molar-refractivity contribution in [1.82, 2.24) is 0 Å². The number of nitrogens with two attached hydrogens (primary N) is 1. The maximum Gasteiger partial charge on any atom is 0.193 e. The summed E-state index contributed by atoms with van der Waals surface area (Å²) in [5.41, 5.74) is 6.59. The molecule has 0 fully saturated rings. The molecule has 0 aliphatic heterocycles. The lowest BCUT2D eigenvalue weighted by molar-refractivity contribution is 0.405. The first-order valence-electron chi connectivity index (χ1n) is 6.50. The molecule has 0 saturated carbocycles. The highest BCUT2D eigenvalue weighted by Crippen LogP contribution is 2.28. The summed E-state index contributed by atoms with van der Waals surface area (Å²) < 4.78 is 10.4. The monoisotopic (exact) mass is 265 g/mol. The second kappa shape index (κ2) is 8.24. The summed E-state index contributed by atoms with van der Waals surface area (Å²) in [6.45, 7) is 2.89. The standard InChI is InChI=1S/C14H23N3O2/c1-4-5-6-9-16-14(15)17-12-10-11(18-2)7-8-13(12)19-3/h7-8,10H,4-6,9H2,1-3H3,(H3,15,16,17). The molecule has 0 aromatic heterocycles. The molecule has 0 amide bonds. The molecule has 1 aromatic rings. The zero-order valence-electron chi connectivity index (χ0n) is 11.9. The van der Waals surface area contributed by atoms with Crippen LogP contribution >= 0.6 is 0 Å². The van der Waals surface area contributed by atoms with Gasteiger partial charge in [0.1, 0.15) is 11.5 Å². The van der Waals surface area contributed by atoms with E-state index in [9.17, 15) is 0 Å². The maximum absolute atomic E-state index is 5.85. The number of rotatable bonds is 7. The first-order valence-corrected chi connectivity index (χ1v) is 6.50. The molecule has 19 heavy (non-hydrogen) atoms. The van der Waals surface area contributed by atoms with E-state index in [0.717, 1.165) is 24.4 Å². The topological polar surface area (TPSA) is 68.9 Å². The normalized spacial score (nSPS) is 11.2. The minimum Gasteiger partial charge on any atom is -0.497 e. The molecule has 0 aliphatic carbocycles. The van der Waals surface area contributed by atoms with E-state index in [4.69, 9.17) is 15.2 Å². The number of benzene rings is 1. The molecular formula is C14H23N3O2. The number of hydrogen-bond acceptors (Lipinski definition) is 3. The predicted octanol–water partition coefficient (Wildman–Crippen LogP) is 2.62. The fourth-order valence-electron chi connectivity index (χ4n) is 1.65. The molecule has 3 N–H and O–H groups in total.